The lowest BCUT2D eigenvalue weighted by Crippen LogP contribution is -2.17. The molecule has 0 aliphatic carbocycles. The summed E-state index contributed by atoms with van der Waals surface area (Å²) in [5.41, 5.74) is 15.5. The molecule has 6 nitrogen and oxygen atoms in total. The fourth-order valence-electron chi connectivity index (χ4n) is 2.08. The minimum atomic E-state index is 0.314. The van der Waals surface area contributed by atoms with Crippen molar-refractivity contribution in [3.05, 3.63) is 23.3 Å². The van der Waals surface area contributed by atoms with E-state index in [4.69, 9.17) is 21.4 Å². The maximum Gasteiger partial charge on any atom is 0.122 e. The van der Waals surface area contributed by atoms with Crippen LogP contribution in [0, 0.1) is 16.9 Å². The fraction of sp³-hybridized carbons (Fsp3) is 0.462. The molecular formula is C13H21N5O. The van der Waals surface area contributed by atoms with Gasteiger partial charge in [-0.1, -0.05) is 19.1 Å². The zero-order chi connectivity index (χ0) is 14.4. The molecule has 0 aliphatic rings. The van der Waals surface area contributed by atoms with Gasteiger partial charge < -0.3 is 10.5 Å². The van der Waals surface area contributed by atoms with Gasteiger partial charge in [0.1, 0.15) is 12.1 Å². The van der Waals surface area contributed by atoms with Crippen molar-refractivity contribution in [2.75, 3.05) is 12.1 Å². The van der Waals surface area contributed by atoms with Crippen molar-refractivity contribution in [3.63, 3.8) is 0 Å². The van der Waals surface area contributed by atoms with Gasteiger partial charge in [0, 0.05) is 12.1 Å². The number of anilines is 1. The number of methoxy groups -OCH3 is 1. The third kappa shape index (κ3) is 3.29. The van der Waals surface area contributed by atoms with Crippen LogP contribution in [-0.2, 0) is 13.0 Å². The Labute approximate surface area is 113 Å². The number of nitrogens with one attached hydrogen (secondary N) is 2. The summed E-state index contributed by atoms with van der Waals surface area (Å²) in [7, 11) is 1.63. The van der Waals surface area contributed by atoms with Gasteiger partial charge in [0.2, 0.25) is 0 Å². The molecule has 1 aromatic carbocycles. The molecule has 104 valence electrons. The Kier molecular flexibility index (Phi) is 5.44. The number of hydrogen-bond acceptors (Lipinski definition) is 5. The molecule has 0 unspecified atom stereocenters. The highest BCUT2D eigenvalue weighted by atomic mass is 16.5. The van der Waals surface area contributed by atoms with Crippen molar-refractivity contribution in [1.82, 2.24) is 0 Å². The van der Waals surface area contributed by atoms with Crippen LogP contribution in [0.4, 0.5) is 5.69 Å². The van der Waals surface area contributed by atoms with Gasteiger partial charge in [0.15, 0.2) is 0 Å². The second-order valence-electron chi connectivity index (χ2n) is 4.62. The molecule has 0 atom stereocenters. The van der Waals surface area contributed by atoms with Gasteiger partial charge in [0.05, 0.1) is 12.8 Å². The molecule has 0 aromatic heterocycles. The van der Waals surface area contributed by atoms with E-state index >= 15 is 0 Å². The average molecular weight is 263 g/mol. The SMILES string of the molecule is COc1ccc(N(C=N)N=N)c(CN)c1CC(C)C. The van der Waals surface area contributed by atoms with Crippen LogP contribution in [0.25, 0.3) is 0 Å². The zero-order valence-corrected chi connectivity index (χ0v) is 11.6. The number of hydrogen-bond donors (Lipinski definition) is 3. The van der Waals surface area contributed by atoms with Crippen LogP contribution >= 0.6 is 0 Å². The Hall–Kier alpha value is -1.95. The summed E-state index contributed by atoms with van der Waals surface area (Å²) in [6.07, 6.45) is 1.82. The van der Waals surface area contributed by atoms with Crippen molar-refractivity contribution in [2.45, 2.75) is 26.8 Å². The van der Waals surface area contributed by atoms with Crippen molar-refractivity contribution >= 4 is 12.0 Å². The van der Waals surface area contributed by atoms with E-state index in [9.17, 15) is 0 Å². The summed E-state index contributed by atoms with van der Waals surface area (Å²) in [4.78, 5) is 0. The smallest absolute Gasteiger partial charge is 0.122 e. The second-order valence-corrected chi connectivity index (χ2v) is 4.62. The second kappa shape index (κ2) is 6.84. The topological polar surface area (TPSA) is 98.5 Å². The molecule has 0 aliphatic heterocycles. The highest BCUT2D eigenvalue weighted by Crippen LogP contribution is 2.32. The Balaban J connectivity index is 3.42. The van der Waals surface area contributed by atoms with E-state index in [1.165, 1.54) is 5.01 Å². The number of benzene rings is 1. The molecule has 0 amide bonds. The number of rotatable bonds is 7. The molecule has 1 rings (SSSR count). The summed E-state index contributed by atoms with van der Waals surface area (Å²) in [6, 6.07) is 3.60. The summed E-state index contributed by atoms with van der Waals surface area (Å²) >= 11 is 0. The monoisotopic (exact) mass is 263 g/mol. The van der Waals surface area contributed by atoms with Crippen LogP contribution in [0.5, 0.6) is 5.75 Å². The van der Waals surface area contributed by atoms with Crippen LogP contribution in [0.2, 0.25) is 0 Å². The Morgan fingerprint density at radius 2 is 2.11 bits per heavy atom. The van der Waals surface area contributed by atoms with Crippen LogP contribution < -0.4 is 15.5 Å². The number of ether oxygens (including phenoxy) is 1. The van der Waals surface area contributed by atoms with Crippen LogP contribution in [0.1, 0.15) is 25.0 Å². The molecule has 0 saturated heterocycles. The summed E-state index contributed by atoms with van der Waals surface area (Å²) < 4.78 is 5.38. The molecular weight excluding hydrogens is 242 g/mol. The van der Waals surface area contributed by atoms with E-state index in [-0.39, 0.29) is 0 Å². The van der Waals surface area contributed by atoms with E-state index in [1.807, 2.05) is 6.07 Å². The van der Waals surface area contributed by atoms with Gasteiger partial charge in [-0.25, -0.2) is 5.01 Å². The maximum atomic E-state index is 7.29. The Bertz CT molecular complexity index is 451. The third-order valence-corrected chi connectivity index (χ3v) is 2.88. The summed E-state index contributed by atoms with van der Waals surface area (Å²) in [6.45, 7) is 4.56. The maximum absolute atomic E-state index is 7.29. The van der Waals surface area contributed by atoms with Gasteiger partial charge in [0.25, 0.3) is 0 Å². The first kappa shape index (κ1) is 15.1. The van der Waals surface area contributed by atoms with Crippen LogP contribution in [0.3, 0.4) is 0 Å². The molecule has 0 spiro atoms. The van der Waals surface area contributed by atoms with E-state index in [0.717, 1.165) is 29.6 Å². The summed E-state index contributed by atoms with van der Waals surface area (Å²) in [5.74, 6) is 1.24. The molecule has 1 aromatic rings. The fourth-order valence-corrected chi connectivity index (χ4v) is 2.08. The van der Waals surface area contributed by atoms with E-state index < -0.39 is 0 Å². The first-order chi connectivity index (χ1) is 9.08. The highest BCUT2D eigenvalue weighted by molar-refractivity contribution is 5.79. The van der Waals surface area contributed by atoms with Gasteiger partial charge in [-0.05, 0) is 30.0 Å². The number of nitrogens with two attached hydrogens (primary N) is 1. The van der Waals surface area contributed by atoms with E-state index in [0.29, 0.717) is 18.2 Å². The lowest BCUT2D eigenvalue weighted by Gasteiger charge is -2.21. The minimum Gasteiger partial charge on any atom is -0.496 e. The zero-order valence-electron chi connectivity index (χ0n) is 11.6. The quantitative estimate of drug-likeness (QED) is 0.305. The van der Waals surface area contributed by atoms with Gasteiger partial charge in [-0.15, -0.1) is 0 Å². The number of nitrogens with zero attached hydrogens (tertiary/aromatic N) is 2. The van der Waals surface area contributed by atoms with Crippen molar-refractivity contribution in [1.29, 1.82) is 10.9 Å². The lowest BCUT2D eigenvalue weighted by molar-refractivity contribution is 0.406. The van der Waals surface area contributed by atoms with Crippen LogP contribution in [0.15, 0.2) is 17.4 Å². The minimum absolute atomic E-state index is 0.314. The molecule has 0 fully saturated rings. The molecule has 6 heteroatoms. The first-order valence-corrected chi connectivity index (χ1v) is 6.15. The van der Waals surface area contributed by atoms with Gasteiger partial charge >= 0.3 is 0 Å². The average Bonchev–Trinajstić information content (AvgIpc) is 2.40. The largest absolute Gasteiger partial charge is 0.496 e. The van der Waals surface area contributed by atoms with E-state index in [1.54, 1.807) is 13.2 Å². The molecule has 4 N–H and O–H groups in total. The predicted octanol–water partition coefficient (Wildman–Crippen LogP) is 2.71. The molecule has 0 radical (unpaired) electrons. The molecule has 19 heavy (non-hydrogen) atoms. The van der Waals surface area contributed by atoms with Crippen molar-refractivity contribution < 1.29 is 4.74 Å². The molecule has 0 saturated carbocycles. The lowest BCUT2D eigenvalue weighted by atomic mass is 9.95. The van der Waals surface area contributed by atoms with Crippen molar-refractivity contribution in [2.24, 2.45) is 16.9 Å². The van der Waals surface area contributed by atoms with Crippen LogP contribution in [-0.4, -0.2) is 13.4 Å². The Morgan fingerprint density at radius 1 is 1.42 bits per heavy atom. The first-order valence-electron chi connectivity index (χ1n) is 6.15. The van der Waals surface area contributed by atoms with Crippen molar-refractivity contribution in [3.8, 4) is 5.75 Å². The predicted molar refractivity (Wildman–Crippen MR) is 75.8 cm³/mol. The molecule has 0 bridgehead atoms. The molecule has 0 heterocycles. The van der Waals surface area contributed by atoms with Gasteiger partial charge in [-0.3, -0.25) is 5.41 Å². The Morgan fingerprint density at radius 3 is 2.53 bits per heavy atom. The summed E-state index contributed by atoms with van der Waals surface area (Å²) in [5, 5.41) is 11.8. The normalized spacial score (nSPS) is 10.4. The highest BCUT2D eigenvalue weighted by Gasteiger charge is 2.17. The van der Waals surface area contributed by atoms with E-state index in [2.05, 4.69) is 19.1 Å². The third-order valence-electron chi connectivity index (χ3n) is 2.88. The standard InChI is InChI=1S/C13H21N5O/c1-9(2)6-10-11(7-14)12(18(8-15)17-16)4-5-13(10)19-3/h4-5,8-9,15-16H,6-7,14H2,1-3H3. The van der Waals surface area contributed by atoms with Gasteiger partial charge in [-0.2, -0.15) is 5.53 Å².